The van der Waals surface area contributed by atoms with Crippen molar-refractivity contribution < 1.29 is 9.53 Å². The lowest BCUT2D eigenvalue weighted by molar-refractivity contribution is 0.102. The molecule has 3 aromatic rings. The molecule has 0 bridgehead atoms. The van der Waals surface area contributed by atoms with Crippen molar-refractivity contribution >= 4 is 11.6 Å². The van der Waals surface area contributed by atoms with Gasteiger partial charge in [0.25, 0.3) is 5.91 Å². The first-order valence-corrected chi connectivity index (χ1v) is 9.39. The number of carbonyl (C=O) groups is 1. The Bertz CT molecular complexity index is 910. The summed E-state index contributed by atoms with van der Waals surface area (Å²) in [5.41, 5.74) is 2.96. The van der Waals surface area contributed by atoms with Crippen LogP contribution in [0.15, 0.2) is 60.7 Å². The number of para-hydroxylation sites is 1. The zero-order valence-corrected chi connectivity index (χ0v) is 15.4. The molecule has 1 amide bonds. The molecular formula is C22H23N3O2. The van der Waals surface area contributed by atoms with Crippen molar-refractivity contribution in [2.75, 3.05) is 5.32 Å². The van der Waals surface area contributed by atoms with Gasteiger partial charge in [0.2, 0.25) is 0 Å². The summed E-state index contributed by atoms with van der Waals surface area (Å²) in [6, 6.07) is 19.1. The second kappa shape index (κ2) is 7.66. The Hall–Kier alpha value is -3.08. The minimum atomic E-state index is -0.225. The largest absolute Gasteiger partial charge is 0.490 e. The van der Waals surface area contributed by atoms with Gasteiger partial charge >= 0.3 is 0 Å². The maximum atomic E-state index is 12.6. The highest BCUT2D eigenvalue weighted by Crippen LogP contribution is 2.25. The Morgan fingerprint density at radius 2 is 1.78 bits per heavy atom. The predicted octanol–water partition coefficient (Wildman–Crippen LogP) is 4.75. The Morgan fingerprint density at radius 1 is 1.07 bits per heavy atom. The van der Waals surface area contributed by atoms with E-state index in [4.69, 9.17) is 4.74 Å². The molecule has 0 atom stereocenters. The number of rotatable bonds is 5. The van der Waals surface area contributed by atoms with E-state index in [1.807, 2.05) is 61.5 Å². The fourth-order valence-corrected chi connectivity index (χ4v) is 3.43. The molecule has 138 valence electrons. The van der Waals surface area contributed by atoms with Crippen LogP contribution in [-0.2, 0) is 0 Å². The number of hydrogen-bond acceptors (Lipinski definition) is 3. The lowest BCUT2D eigenvalue weighted by Gasteiger charge is -2.13. The van der Waals surface area contributed by atoms with Gasteiger partial charge in [0, 0.05) is 11.4 Å². The van der Waals surface area contributed by atoms with Gasteiger partial charge in [-0.05, 0) is 75.1 Å². The average Bonchev–Trinajstić information content (AvgIpc) is 3.34. The lowest BCUT2D eigenvalue weighted by Crippen LogP contribution is -2.13. The monoisotopic (exact) mass is 361 g/mol. The molecule has 1 aromatic heterocycles. The maximum absolute atomic E-state index is 12.6. The molecule has 5 heteroatoms. The molecule has 2 aromatic carbocycles. The van der Waals surface area contributed by atoms with Crippen LogP contribution >= 0.6 is 0 Å². The zero-order chi connectivity index (χ0) is 18.6. The third kappa shape index (κ3) is 4.03. The summed E-state index contributed by atoms with van der Waals surface area (Å²) >= 11 is 0. The van der Waals surface area contributed by atoms with Crippen LogP contribution in [0.5, 0.6) is 5.75 Å². The number of anilines is 1. The van der Waals surface area contributed by atoms with Gasteiger partial charge in [-0.15, -0.1) is 0 Å². The van der Waals surface area contributed by atoms with E-state index < -0.39 is 0 Å². The first-order chi connectivity index (χ1) is 13.2. The molecule has 1 N–H and O–H groups in total. The van der Waals surface area contributed by atoms with Crippen LogP contribution in [0.4, 0.5) is 5.69 Å². The summed E-state index contributed by atoms with van der Waals surface area (Å²) in [5, 5.41) is 7.34. The fourth-order valence-electron chi connectivity index (χ4n) is 3.43. The Labute approximate surface area is 159 Å². The molecule has 1 aliphatic rings. The van der Waals surface area contributed by atoms with Crippen LogP contribution in [0.25, 0.3) is 5.69 Å². The molecule has 1 saturated carbocycles. The molecule has 27 heavy (non-hydrogen) atoms. The summed E-state index contributed by atoms with van der Waals surface area (Å²) in [4.78, 5) is 12.6. The number of aromatic nitrogens is 2. The Morgan fingerprint density at radius 3 is 2.48 bits per heavy atom. The van der Waals surface area contributed by atoms with Crippen LogP contribution in [-0.4, -0.2) is 21.8 Å². The van der Waals surface area contributed by atoms with Crippen LogP contribution in [0, 0.1) is 6.92 Å². The second-order valence-corrected chi connectivity index (χ2v) is 6.92. The van der Waals surface area contributed by atoms with Crippen LogP contribution in [0.2, 0.25) is 0 Å². The highest BCUT2D eigenvalue weighted by atomic mass is 16.5. The van der Waals surface area contributed by atoms with Gasteiger partial charge in [-0.25, -0.2) is 4.68 Å². The first kappa shape index (κ1) is 17.3. The van der Waals surface area contributed by atoms with Crippen molar-refractivity contribution in [1.29, 1.82) is 0 Å². The van der Waals surface area contributed by atoms with E-state index >= 15 is 0 Å². The number of ether oxygens (including phenoxy) is 1. The number of nitrogens with one attached hydrogen (secondary N) is 1. The van der Waals surface area contributed by atoms with E-state index in [0.29, 0.717) is 11.8 Å². The lowest BCUT2D eigenvalue weighted by atomic mass is 10.2. The Balaban J connectivity index is 1.43. The minimum absolute atomic E-state index is 0.225. The number of amides is 1. The molecular weight excluding hydrogens is 338 g/mol. The zero-order valence-electron chi connectivity index (χ0n) is 15.4. The van der Waals surface area contributed by atoms with Gasteiger partial charge in [0.1, 0.15) is 5.75 Å². The third-order valence-corrected chi connectivity index (χ3v) is 4.84. The average molecular weight is 361 g/mol. The van der Waals surface area contributed by atoms with E-state index in [1.165, 1.54) is 12.8 Å². The number of carbonyl (C=O) groups excluding carboxylic acids is 1. The fraction of sp³-hybridized carbons (Fsp3) is 0.273. The number of benzene rings is 2. The van der Waals surface area contributed by atoms with Gasteiger partial charge in [0.15, 0.2) is 5.69 Å². The topological polar surface area (TPSA) is 56.1 Å². The van der Waals surface area contributed by atoms with Crippen LogP contribution in [0.1, 0.15) is 41.9 Å². The quantitative estimate of drug-likeness (QED) is 0.713. The SMILES string of the molecule is Cc1cc(C(=O)Nc2ccc(OC3CCCC3)cc2)nn1-c1ccccc1. The van der Waals surface area contributed by atoms with E-state index in [1.54, 1.807) is 10.7 Å². The molecule has 0 radical (unpaired) electrons. The van der Waals surface area contributed by atoms with Crippen LogP contribution < -0.4 is 10.1 Å². The van der Waals surface area contributed by atoms with Gasteiger partial charge in [-0.3, -0.25) is 4.79 Å². The smallest absolute Gasteiger partial charge is 0.276 e. The summed E-state index contributed by atoms with van der Waals surface area (Å²) < 4.78 is 7.73. The summed E-state index contributed by atoms with van der Waals surface area (Å²) in [6.07, 6.45) is 5.07. The van der Waals surface area contributed by atoms with E-state index in [0.717, 1.165) is 35.7 Å². The number of hydrogen-bond donors (Lipinski definition) is 1. The van der Waals surface area contributed by atoms with Crippen molar-refractivity contribution in [3.63, 3.8) is 0 Å². The van der Waals surface area contributed by atoms with Gasteiger partial charge in [0.05, 0.1) is 11.8 Å². The van der Waals surface area contributed by atoms with E-state index in [9.17, 15) is 4.79 Å². The molecule has 0 spiro atoms. The number of nitrogens with zero attached hydrogens (tertiary/aromatic N) is 2. The highest BCUT2D eigenvalue weighted by molar-refractivity contribution is 6.03. The predicted molar refractivity (Wildman–Crippen MR) is 106 cm³/mol. The van der Waals surface area contributed by atoms with Crippen molar-refractivity contribution in [2.24, 2.45) is 0 Å². The van der Waals surface area contributed by atoms with Crippen LogP contribution in [0.3, 0.4) is 0 Å². The van der Waals surface area contributed by atoms with E-state index in [2.05, 4.69) is 10.4 Å². The summed E-state index contributed by atoms with van der Waals surface area (Å²) in [6.45, 7) is 1.94. The molecule has 5 nitrogen and oxygen atoms in total. The van der Waals surface area contributed by atoms with Crippen molar-refractivity contribution in [3.8, 4) is 11.4 Å². The standard InChI is InChI=1S/C22H23N3O2/c1-16-15-21(24-25(16)18-7-3-2-4-8-18)22(26)23-17-11-13-20(14-12-17)27-19-9-5-6-10-19/h2-4,7-8,11-15,19H,5-6,9-10H2,1H3,(H,23,26). The molecule has 0 aliphatic heterocycles. The maximum Gasteiger partial charge on any atom is 0.276 e. The number of aryl methyl sites for hydroxylation is 1. The van der Waals surface area contributed by atoms with Gasteiger partial charge in [-0.2, -0.15) is 5.10 Å². The molecule has 0 unspecified atom stereocenters. The molecule has 0 saturated heterocycles. The Kier molecular flexibility index (Phi) is 4.92. The molecule has 4 rings (SSSR count). The van der Waals surface area contributed by atoms with Crippen molar-refractivity contribution in [1.82, 2.24) is 9.78 Å². The van der Waals surface area contributed by atoms with Gasteiger partial charge in [-0.1, -0.05) is 18.2 Å². The van der Waals surface area contributed by atoms with Crippen molar-refractivity contribution in [3.05, 3.63) is 72.1 Å². The normalized spacial score (nSPS) is 14.3. The summed E-state index contributed by atoms with van der Waals surface area (Å²) in [7, 11) is 0. The van der Waals surface area contributed by atoms with E-state index in [-0.39, 0.29) is 5.91 Å². The highest BCUT2D eigenvalue weighted by Gasteiger charge is 2.17. The summed E-state index contributed by atoms with van der Waals surface area (Å²) in [5.74, 6) is 0.626. The third-order valence-electron chi connectivity index (χ3n) is 4.84. The molecule has 1 aliphatic carbocycles. The first-order valence-electron chi connectivity index (χ1n) is 9.39. The second-order valence-electron chi connectivity index (χ2n) is 6.92. The van der Waals surface area contributed by atoms with Crippen molar-refractivity contribution in [2.45, 2.75) is 38.7 Å². The molecule has 1 heterocycles. The van der Waals surface area contributed by atoms with Gasteiger partial charge < -0.3 is 10.1 Å². The molecule has 1 fully saturated rings. The minimum Gasteiger partial charge on any atom is -0.490 e.